The molecule has 4 nitrogen and oxygen atoms in total. The van der Waals surface area contributed by atoms with Gasteiger partial charge in [0.15, 0.2) is 0 Å². The molecule has 0 aliphatic rings. The van der Waals surface area contributed by atoms with Crippen molar-refractivity contribution in [3.63, 3.8) is 0 Å². The Morgan fingerprint density at radius 1 is 1.54 bits per heavy atom. The van der Waals surface area contributed by atoms with Gasteiger partial charge in [-0.05, 0) is 0 Å². The highest BCUT2D eigenvalue weighted by atomic mass is 19.4. The maximum atomic E-state index is 11.6. The average Bonchev–Trinajstić information content (AvgIpc) is 2.33. The number of hydrogen-bond donors (Lipinski definition) is 1. The lowest BCUT2D eigenvalue weighted by Crippen LogP contribution is -2.18. The van der Waals surface area contributed by atoms with E-state index >= 15 is 0 Å². The molecule has 1 heterocycles. The molecule has 0 aliphatic heterocycles. The topological polar surface area (TPSA) is 53.1 Å². The Kier molecular flexibility index (Phi) is 2.76. The van der Waals surface area contributed by atoms with Gasteiger partial charge in [0.2, 0.25) is 0 Å². The fourth-order valence-corrected chi connectivity index (χ4v) is 0.715. The number of nitrogens with two attached hydrogens (primary N) is 1. The number of rotatable bonds is 3. The summed E-state index contributed by atoms with van der Waals surface area (Å²) in [7, 11) is 0. The zero-order valence-corrected chi connectivity index (χ0v) is 6.58. The van der Waals surface area contributed by atoms with Crippen LogP contribution < -0.4 is 5.73 Å². The van der Waals surface area contributed by atoms with E-state index in [9.17, 15) is 13.2 Å². The lowest BCUT2D eigenvalue weighted by molar-refractivity contribution is -0.181. The lowest BCUT2D eigenvalue weighted by atomic mass is 10.7. The number of anilines is 1. The Balaban J connectivity index is 2.28. The lowest BCUT2D eigenvalue weighted by Gasteiger charge is -2.07. The quantitative estimate of drug-likeness (QED) is 0.782. The molecular weight excluding hydrogens is 187 g/mol. The maximum absolute atomic E-state index is 11.6. The van der Waals surface area contributed by atoms with Gasteiger partial charge in [0.1, 0.15) is 19.2 Å². The SMILES string of the molecule is Nc1cn(COCC(F)(F)F)cn1. The van der Waals surface area contributed by atoms with Crippen LogP contribution in [0, 0.1) is 0 Å². The summed E-state index contributed by atoms with van der Waals surface area (Å²) in [6, 6.07) is 0. The molecule has 1 aromatic rings. The van der Waals surface area contributed by atoms with Gasteiger partial charge < -0.3 is 15.0 Å². The van der Waals surface area contributed by atoms with Gasteiger partial charge in [-0.25, -0.2) is 4.98 Å². The summed E-state index contributed by atoms with van der Waals surface area (Å²) in [5, 5.41) is 0. The number of ether oxygens (including phenoxy) is 1. The zero-order chi connectivity index (χ0) is 9.90. The number of aromatic nitrogens is 2. The van der Waals surface area contributed by atoms with Crippen LogP contribution in [0.3, 0.4) is 0 Å². The molecule has 0 aliphatic carbocycles. The molecule has 1 aromatic heterocycles. The minimum absolute atomic E-state index is 0.205. The molecule has 7 heteroatoms. The smallest absolute Gasteiger partial charge is 0.382 e. The molecule has 0 saturated carbocycles. The van der Waals surface area contributed by atoms with Gasteiger partial charge in [-0.3, -0.25) is 0 Å². The van der Waals surface area contributed by atoms with Crippen LogP contribution in [0.5, 0.6) is 0 Å². The van der Waals surface area contributed by atoms with E-state index in [1.165, 1.54) is 17.1 Å². The first kappa shape index (κ1) is 9.85. The van der Waals surface area contributed by atoms with Crippen LogP contribution in [0.15, 0.2) is 12.5 Å². The monoisotopic (exact) mass is 195 g/mol. The van der Waals surface area contributed by atoms with Crippen molar-refractivity contribution in [1.82, 2.24) is 9.55 Å². The zero-order valence-electron chi connectivity index (χ0n) is 6.58. The molecule has 0 fully saturated rings. The number of alkyl halides is 3. The Morgan fingerprint density at radius 3 is 2.69 bits per heavy atom. The molecule has 0 amide bonds. The highest BCUT2D eigenvalue weighted by molar-refractivity contribution is 5.22. The third-order valence-electron chi connectivity index (χ3n) is 1.16. The van der Waals surface area contributed by atoms with Crippen LogP contribution in [0.1, 0.15) is 0 Å². The van der Waals surface area contributed by atoms with E-state index in [1.807, 2.05) is 0 Å². The minimum atomic E-state index is -4.30. The largest absolute Gasteiger partial charge is 0.411 e. The molecule has 0 radical (unpaired) electrons. The van der Waals surface area contributed by atoms with Crippen molar-refractivity contribution in [1.29, 1.82) is 0 Å². The second-order valence-corrected chi connectivity index (χ2v) is 2.41. The molecular formula is C6H8F3N3O. The van der Waals surface area contributed by atoms with Crippen LogP contribution in [0.4, 0.5) is 19.0 Å². The van der Waals surface area contributed by atoms with Gasteiger partial charge >= 0.3 is 6.18 Å². The highest BCUT2D eigenvalue weighted by Crippen LogP contribution is 2.14. The molecule has 0 unspecified atom stereocenters. The summed E-state index contributed by atoms with van der Waals surface area (Å²) in [5.74, 6) is 0.246. The van der Waals surface area contributed by atoms with E-state index in [4.69, 9.17) is 5.73 Å². The van der Waals surface area contributed by atoms with Crippen molar-refractivity contribution in [2.75, 3.05) is 12.3 Å². The Hall–Kier alpha value is -1.24. The number of halogens is 3. The van der Waals surface area contributed by atoms with Crippen LogP contribution in [-0.2, 0) is 11.5 Å². The first-order valence-corrected chi connectivity index (χ1v) is 3.39. The molecule has 74 valence electrons. The Bertz CT molecular complexity index is 270. The summed E-state index contributed by atoms with van der Waals surface area (Å²) in [5.41, 5.74) is 5.23. The van der Waals surface area contributed by atoms with E-state index in [0.29, 0.717) is 0 Å². The van der Waals surface area contributed by atoms with Crippen LogP contribution in [0.25, 0.3) is 0 Å². The fourth-order valence-electron chi connectivity index (χ4n) is 0.715. The van der Waals surface area contributed by atoms with Gasteiger partial charge in [0.05, 0.1) is 6.33 Å². The standard InChI is InChI=1S/C6H8F3N3O/c7-6(8,9)2-13-4-12-1-5(10)11-3-12/h1,3H,2,4,10H2. The molecule has 2 N–H and O–H groups in total. The van der Waals surface area contributed by atoms with Gasteiger partial charge in [-0.1, -0.05) is 0 Å². The normalized spacial score (nSPS) is 11.9. The number of imidazole rings is 1. The number of nitrogen functional groups attached to an aromatic ring is 1. The fraction of sp³-hybridized carbons (Fsp3) is 0.500. The molecule has 0 spiro atoms. The highest BCUT2D eigenvalue weighted by Gasteiger charge is 2.27. The Morgan fingerprint density at radius 2 is 2.23 bits per heavy atom. The van der Waals surface area contributed by atoms with Crippen LogP contribution in [0.2, 0.25) is 0 Å². The van der Waals surface area contributed by atoms with Crippen molar-refractivity contribution in [3.8, 4) is 0 Å². The Labute approximate surface area is 72.1 Å². The third kappa shape index (κ3) is 3.79. The van der Waals surface area contributed by atoms with E-state index in [2.05, 4.69) is 9.72 Å². The molecule has 13 heavy (non-hydrogen) atoms. The van der Waals surface area contributed by atoms with Crippen molar-refractivity contribution >= 4 is 5.82 Å². The predicted octanol–water partition coefficient (Wildman–Crippen LogP) is 1.00. The minimum Gasteiger partial charge on any atom is -0.382 e. The molecule has 0 aromatic carbocycles. The second kappa shape index (κ2) is 3.65. The van der Waals surface area contributed by atoms with Gasteiger partial charge in [-0.2, -0.15) is 13.2 Å². The molecule has 1 rings (SSSR count). The predicted molar refractivity (Wildman–Crippen MR) is 38.6 cm³/mol. The first-order chi connectivity index (χ1) is 5.97. The van der Waals surface area contributed by atoms with Crippen LogP contribution in [-0.4, -0.2) is 22.3 Å². The van der Waals surface area contributed by atoms with E-state index in [0.717, 1.165) is 0 Å². The summed E-state index contributed by atoms with van der Waals surface area (Å²) < 4.78 is 40.4. The summed E-state index contributed by atoms with van der Waals surface area (Å²) in [6.45, 7) is -1.48. The van der Waals surface area contributed by atoms with E-state index in [-0.39, 0.29) is 12.5 Å². The van der Waals surface area contributed by atoms with E-state index < -0.39 is 12.8 Å². The molecule has 0 bridgehead atoms. The maximum Gasteiger partial charge on any atom is 0.411 e. The van der Waals surface area contributed by atoms with Gasteiger partial charge in [0, 0.05) is 6.20 Å². The average molecular weight is 195 g/mol. The van der Waals surface area contributed by atoms with Crippen molar-refractivity contribution in [3.05, 3.63) is 12.5 Å². The molecule has 0 saturated heterocycles. The van der Waals surface area contributed by atoms with Gasteiger partial charge in [0.25, 0.3) is 0 Å². The molecule has 0 atom stereocenters. The van der Waals surface area contributed by atoms with Crippen molar-refractivity contribution < 1.29 is 17.9 Å². The summed E-state index contributed by atoms with van der Waals surface area (Å²) >= 11 is 0. The summed E-state index contributed by atoms with van der Waals surface area (Å²) in [6.07, 6.45) is -1.62. The first-order valence-electron chi connectivity index (χ1n) is 3.39. The van der Waals surface area contributed by atoms with E-state index in [1.54, 1.807) is 0 Å². The van der Waals surface area contributed by atoms with Gasteiger partial charge in [-0.15, -0.1) is 0 Å². The number of hydrogen-bond acceptors (Lipinski definition) is 3. The van der Waals surface area contributed by atoms with Crippen molar-refractivity contribution in [2.24, 2.45) is 0 Å². The van der Waals surface area contributed by atoms with Crippen LogP contribution >= 0.6 is 0 Å². The number of nitrogens with zero attached hydrogens (tertiary/aromatic N) is 2. The third-order valence-corrected chi connectivity index (χ3v) is 1.16. The second-order valence-electron chi connectivity index (χ2n) is 2.41. The summed E-state index contributed by atoms with van der Waals surface area (Å²) in [4.78, 5) is 3.61. The van der Waals surface area contributed by atoms with Crippen molar-refractivity contribution in [2.45, 2.75) is 12.9 Å².